The molecule has 0 unspecified atom stereocenters. The van der Waals surface area contributed by atoms with E-state index >= 15 is 0 Å². The molecule has 0 fully saturated rings. The molecule has 0 aromatic carbocycles. The maximum atomic E-state index is 8.38. The van der Waals surface area contributed by atoms with Gasteiger partial charge < -0.3 is 10.2 Å². The number of hydrogen-bond donors (Lipinski definition) is 2. The Labute approximate surface area is 47.1 Å². The van der Waals surface area contributed by atoms with Gasteiger partial charge in [-0.25, -0.2) is 0 Å². The number of aliphatic hydroxyl groups is 2. The van der Waals surface area contributed by atoms with Gasteiger partial charge in [-0.2, -0.15) is 0 Å². The van der Waals surface area contributed by atoms with Crippen molar-refractivity contribution in [1.82, 2.24) is 0 Å². The van der Waals surface area contributed by atoms with E-state index in [1.807, 2.05) is 0 Å². The second-order valence-corrected chi connectivity index (χ2v) is 1.50. The average Bonchev–Trinajstić information content (AvgIpc) is 2.12. The zero-order chi connectivity index (χ0) is 5.98. The van der Waals surface area contributed by atoms with Crippen LogP contribution in [0.2, 0.25) is 0 Å². The number of hydrogen-bond acceptors (Lipinski definition) is 2. The van der Waals surface area contributed by atoms with Crippen LogP contribution in [-0.4, -0.2) is 10.2 Å². The van der Waals surface area contributed by atoms with Gasteiger partial charge in [-0.3, -0.25) is 0 Å². The molecule has 1 aliphatic rings. The Kier molecular flexibility index (Phi) is 1.08. The summed E-state index contributed by atoms with van der Waals surface area (Å²) in [6.07, 6.45) is 6.72. The molecule has 0 aromatic heterocycles. The Balaban J connectivity index is 2.90. The number of allylic oxidation sites excluding steroid dienone is 5. The summed E-state index contributed by atoms with van der Waals surface area (Å²) in [6, 6.07) is 0. The van der Waals surface area contributed by atoms with Crippen LogP contribution in [0.25, 0.3) is 0 Å². The summed E-state index contributed by atoms with van der Waals surface area (Å²) in [5.74, 6) is -0.616. The van der Waals surface area contributed by atoms with E-state index in [1.54, 1.807) is 24.3 Å². The average molecular weight is 110 g/mol. The van der Waals surface area contributed by atoms with Crippen LogP contribution < -0.4 is 0 Å². The highest BCUT2D eigenvalue weighted by Crippen LogP contribution is 2.08. The Morgan fingerprint density at radius 3 is 1.88 bits per heavy atom. The van der Waals surface area contributed by atoms with E-state index in [9.17, 15) is 0 Å². The standard InChI is InChI=1S/C6H6O2/c7-6(8)5-3-1-2-4-5/h1-4,7-8H. The maximum Gasteiger partial charge on any atom is 0.281 e. The van der Waals surface area contributed by atoms with Gasteiger partial charge in [0.25, 0.3) is 5.95 Å². The lowest BCUT2D eigenvalue weighted by atomic mass is 10.3. The molecule has 0 aromatic rings. The summed E-state index contributed by atoms with van der Waals surface area (Å²) >= 11 is 0. The third-order valence-corrected chi connectivity index (χ3v) is 0.921. The molecule has 8 heavy (non-hydrogen) atoms. The summed E-state index contributed by atoms with van der Waals surface area (Å²) in [7, 11) is 0. The maximum absolute atomic E-state index is 8.38. The van der Waals surface area contributed by atoms with E-state index < -0.39 is 5.95 Å². The van der Waals surface area contributed by atoms with Crippen LogP contribution >= 0.6 is 0 Å². The van der Waals surface area contributed by atoms with Crippen LogP contribution in [0, 0.1) is 0 Å². The normalized spacial score (nSPS) is 15.2. The van der Waals surface area contributed by atoms with Gasteiger partial charge in [-0.1, -0.05) is 12.2 Å². The van der Waals surface area contributed by atoms with Crippen LogP contribution in [-0.2, 0) is 0 Å². The summed E-state index contributed by atoms with van der Waals surface area (Å²) in [5.41, 5.74) is 0.463. The van der Waals surface area contributed by atoms with Crippen LogP contribution in [0.3, 0.4) is 0 Å². The molecule has 0 amide bonds. The molecule has 2 heteroatoms. The zero-order valence-corrected chi connectivity index (χ0v) is 4.20. The molecule has 0 spiro atoms. The SMILES string of the molecule is OC(O)=C1C=CC=C1. The summed E-state index contributed by atoms with van der Waals surface area (Å²) in [5, 5.41) is 16.8. The fourth-order valence-electron chi connectivity index (χ4n) is 0.523. The van der Waals surface area contributed by atoms with Gasteiger partial charge in [-0.15, -0.1) is 0 Å². The Bertz CT molecular complexity index is 157. The van der Waals surface area contributed by atoms with Crippen molar-refractivity contribution in [1.29, 1.82) is 0 Å². The highest BCUT2D eigenvalue weighted by atomic mass is 16.5. The molecular weight excluding hydrogens is 104 g/mol. The van der Waals surface area contributed by atoms with E-state index in [4.69, 9.17) is 10.2 Å². The molecule has 1 rings (SSSR count). The van der Waals surface area contributed by atoms with Crippen molar-refractivity contribution in [3.8, 4) is 0 Å². The first-order valence-corrected chi connectivity index (χ1v) is 2.27. The highest BCUT2D eigenvalue weighted by molar-refractivity contribution is 5.39. The summed E-state index contributed by atoms with van der Waals surface area (Å²) in [6.45, 7) is 0. The van der Waals surface area contributed by atoms with Crippen LogP contribution in [0.15, 0.2) is 35.8 Å². The Morgan fingerprint density at radius 2 is 1.62 bits per heavy atom. The first-order valence-electron chi connectivity index (χ1n) is 2.27. The minimum absolute atomic E-state index is 0.463. The summed E-state index contributed by atoms with van der Waals surface area (Å²) in [4.78, 5) is 0. The minimum Gasteiger partial charge on any atom is -0.481 e. The second-order valence-electron chi connectivity index (χ2n) is 1.50. The first-order chi connectivity index (χ1) is 3.80. The fraction of sp³-hybridized carbons (Fsp3) is 0. The molecule has 0 bridgehead atoms. The largest absolute Gasteiger partial charge is 0.481 e. The molecule has 0 atom stereocenters. The molecule has 0 heterocycles. The lowest BCUT2D eigenvalue weighted by Crippen LogP contribution is -1.79. The third kappa shape index (κ3) is 0.729. The van der Waals surface area contributed by atoms with Gasteiger partial charge in [0.05, 0.1) is 5.57 Å². The van der Waals surface area contributed by atoms with E-state index in [0.29, 0.717) is 5.57 Å². The van der Waals surface area contributed by atoms with Crippen LogP contribution in [0.4, 0.5) is 0 Å². The second kappa shape index (κ2) is 1.74. The molecule has 2 N–H and O–H groups in total. The first kappa shape index (κ1) is 4.97. The molecule has 0 radical (unpaired) electrons. The van der Waals surface area contributed by atoms with Crippen molar-refractivity contribution in [2.75, 3.05) is 0 Å². The van der Waals surface area contributed by atoms with Gasteiger partial charge in [0, 0.05) is 0 Å². The zero-order valence-electron chi connectivity index (χ0n) is 4.20. The molecule has 0 saturated carbocycles. The fourth-order valence-corrected chi connectivity index (χ4v) is 0.523. The van der Waals surface area contributed by atoms with Crippen molar-refractivity contribution in [3.63, 3.8) is 0 Å². The van der Waals surface area contributed by atoms with Gasteiger partial charge in [0.1, 0.15) is 0 Å². The highest BCUT2D eigenvalue weighted by Gasteiger charge is 1.96. The van der Waals surface area contributed by atoms with Crippen molar-refractivity contribution in [3.05, 3.63) is 35.8 Å². The van der Waals surface area contributed by atoms with Gasteiger partial charge >= 0.3 is 0 Å². The molecule has 1 aliphatic carbocycles. The predicted molar refractivity (Wildman–Crippen MR) is 30.6 cm³/mol. The molecule has 0 saturated heterocycles. The lowest BCUT2D eigenvalue weighted by Gasteiger charge is -1.87. The van der Waals surface area contributed by atoms with Crippen molar-refractivity contribution >= 4 is 0 Å². The van der Waals surface area contributed by atoms with Crippen molar-refractivity contribution < 1.29 is 10.2 Å². The molecular formula is C6H6O2. The monoisotopic (exact) mass is 110 g/mol. The molecule has 2 nitrogen and oxygen atoms in total. The molecule has 42 valence electrons. The van der Waals surface area contributed by atoms with Crippen LogP contribution in [0.5, 0.6) is 0 Å². The lowest BCUT2D eigenvalue weighted by molar-refractivity contribution is 0.188. The number of aliphatic hydroxyl groups excluding tert-OH is 1. The van der Waals surface area contributed by atoms with E-state index in [2.05, 4.69) is 0 Å². The predicted octanol–water partition coefficient (Wildman–Crippen LogP) is 1.44. The Morgan fingerprint density at radius 1 is 1.12 bits per heavy atom. The van der Waals surface area contributed by atoms with E-state index in [0.717, 1.165) is 0 Å². The smallest absolute Gasteiger partial charge is 0.281 e. The van der Waals surface area contributed by atoms with Crippen molar-refractivity contribution in [2.24, 2.45) is 0 Å². The van der Waals surface area contributed by atoms with Gasteiger partial charge in [-0.05, 0) is 12.2 Å². The topological polar surface area (TPSA) is 40.5 Å². The quantitative estimate of drug-likeness (QED) is 0.463. The summed E-state index contributed by atoms with van der Waals surface area (Å²) < 4.78 is 0. The Hall–Kier alpha value is -1.18. The van der Waals surface area contributed by atoms with Gasteiger partial charge in [0.2, 0.25) is 0 Å². The minimum atomic E-state index is -0.616. The van der Waals surface area contributed by atoms with E-state index in [1.165, 1.54) is 0 Å². The molecule has 0 aliphatic heterocycles. The van der Waals surface area contributed by atoms with E-state index in [-0.39, 0.29) is 0 Å². The van der Waals surface area contributed by atoms with Gasteiger partial charge in [0.15, 0.2) is 0 Å². The number of rotatable bonds is 0. The third-order valence-electron chi connectivity index (χ3n) is 0.921. The van der Waals surface area contributed by atoms with Crippen molar-refractivity contribution in [2.45, 2.75) is 0 Å². The van der Waals surface area contributed by atoms with Crippen LogP contribution in [0.1, 0.15) is 0 Å².